The second kappa shape index (κ2) is 6.48. The molecule has 0 amide bonds. The Morgan fingerprint density at radius 1 is 1.35 bits per heavy atom. The molecule has 1 fully saturated rings. The van der Waals surface area contributed by atoms with Crippen molar-refractivity contribution in [2.75, 3.05) is 26.2 Å². The summed E-state index contributed by atoms with van der Waals surface area (Å²) in [6, 6.07) is 0.473. The van der Waals surface area contributed by atoms with Gasteiger partial charge in [0.25, 0.3) is 0 Å². The van der Waals surface area contributed by atoms with E-state index in [1.54, 1.807) is 0 Å². The van der Waals surface area contributed by atoms with E-state index in [9.17, 15) is 13.2 Å². The molecule has 20 heavy (non-hydrogen) atoms. The Morgan fingerprint density at radius 3 is 2.55 bits per heavy atom. The topological polar surface area (TPSA) is 15.3 Å². The van der Waals surface area contributed by atoms with E-state index < -0.39 is 6.18 Å². The van der Waals surface area contributed by atoms with E-state index in [2.05, 4.69) is 24.1 Å². The summed E-state index contributed by atoms with van der Waals surface area (Å²) < 4.78 is 37.8. The van der Waals surface area contributed by atoms with E-state index >= 15 is 0 Å². The van der Waals surface area contributed by atoms with Crippen LogP contribution in [0.5, 0.6) is 0 Å². The van der Waals surface area contributed by atoms with Crippen molar-refractivity contribution in [1.82, 2.24) is 10.2 Å². The van der Waals surface area contributed by atoms with Crippen LogP contribution in [0.15, 0.2) is 11.6 Å². The first-order valence-corrected chi connectivity index (χ1v) is 7.59. The van der Waals surface area contributed by atoms with Gasteiger partial charge in [0.05, 0.1) is 0 Å². The van der Waals surface area contributed by atoms with Gasteiger partial charge in [-0.15, -0.1) is 0 Å². The molecule has 1 saturated carbocycles. The molecule has 2 atom stereocenters. The van der Waals surface area contributed by atoms with Gasteiger partial charge in [-0.1, -0.05) is 19.9 Å². The highest BCUT2D eigenvalue weighted by Gasteiger charge is 2.39. The van der Waals surface area contributed by atoms with E-state index in [0.29, 0.717) is 31.0 Å². The van der Waals surface area contributed by atoms with Gasteiger partial charge in [-0.05, 0) is 44.2 Å². The van der Waals surface area contributed by atoms with Crippen molar-refractivity contribution in [2.45, 2.75) is 45.3 Å². The summed E-state index contributed by atoms with van der Waals surface area (Å²) in [6.45, 7) is 7.38. The van der Waals surface area contributed by atoms with Crippen LogP contribution >= 0.6 is 0 Å². The Hall–Kier alpha value is -0.550. The first-order chi connectivity index (χ1) is 9.38. The molecule has 0 aromatic rings. The molecule has 1 heterocycles. The normalized spacial score (nSPS) is 28.4. The zero-order valence-corrected chi connectivity index (χ0v) is 12.3. The van der Waals surface area contributed by atoms with Crippen LogP contribution in [-0.2, 0) is 0 Å². The summed E-state index contributed by atoms with van der Waals surface area (Å²) in [5, 5.41) is 3.47. The van der Waals surface area contributed by atoms with Gasteiger partial charge >= 0.3 is 6.18 Å². The quantitative estimate of drug-likeness (QED) is 0.782. The third-order valence-electron chi connectivity index (χ3n) is 4.41. The summed E-state index contributed by atoms with van der Waals surface area (Å²) in [5.74, 6) is 1.25. The second-order valence-corrected chi connectivity index (χ2v) is 6.43. The number of alkyl halides is 3. The molecule has 2 rings (SSSR count). The van der Waals surface area contributed by atoms with Gasteiger partial charge in [-0.2, -0.15) is 13.2 Å². The van der Waals surface area contributed by atoms with E-state index in [4.69, 9.17) is 0 Å². The maximum atomic E-state index is 12.6. The average molecular weight is 290 g/mol. The second-order valence-electron chi connectivity index (χ2n) is 6.43. The van der Waals surface area contributed by atoms with Gasteiger partial charge < -0.3 is 5.32 Å². The Bertz CT molecular complexity index is 350. The molecule has 0 bridgehead atoms. The first kappa shape index (κ1) is 15.8. The van der Waals surface area contributed by atoms with Gasteiger partial charge in [0.15, 0.2) is 0 Å². The van der Waals surface area contributed by atoms with Crippen molar-refractivity contribution in [3.8, 4) is 0 Å². The van der Waals surface area contributed by atoms with Crippen molar-refractivity contribution in [3.05, 3.63) is 11.6 Å². The lowest BCUT2D eigenvalue weighted by Gasteiger charge is -2.45. The lowest BCUT2D eigenvalue weighted by atomic mass is 9.77. The van der Waals surface area contributed by atoms with Crippen LogP contribution in [0.2, 0.25) is 0 Å². The number of hydrogen-bond donors (Lipinski definition) is 1. The summed E-state index contributed by atoms with van der Waals surface area (Å²) in [5.41, 5.74) is -0.345. The number of nitrogens with one attached hydrogen (secondary N) is 1. The summed E-state index contributed by atoms with van der Waals surface area (Å²) in [4.78, 5) is 2.22. The average Bonchev–Trinajstić information content (AvgIpc) is 2.32. The minimum absolute atomic E-state index is 0.145. The minimum Gasteiger partial charge on any atom is -0.316 e. The third kappa shape index (κ3) is 3.98. The fourth-order valence-electron chi connectivity index (χ4n) is 3.07. The third-order valence-corrected chi connectivity index (χ3v) is 4.41. The molecule has 2 unspecified atom stereocenters. The highest BCUT2D eigenvalue weighted by Crippen LogP contribution is 2.36. The van der Waals surface area contributed by atoms with Gasteiger partial charge in [-0.25, -0.2) is 0 Å². The van der Waals surface area contributed by atoms with Crippen molar-refractivity contribution < 1.29 is 13.2 Å². The number of hydrogen-bond acceptors (Lipinski definition) is 2. The molecule has 5 heteroatoms. The molecule has 1 N–H and O–H groups in total. The number of nitrogens with zero attached hydrogens (tertiary/aromatic N) is 1. The van der Waals surface area contributed by atoms with Gasteiger partial charge in [0.1, 0.15) is 0 Å². The Morgan fingerprint density at radius 2 is 2.10 bits per heavy atom. The summed E-state index contributed by atoms with van der Waals surface area (Å²) in [7, 11) is 0. The Balaban J connectivity index is 1.78. The molecule has 1 aliphatic carbocycles. The van der Waals surface area contributed by atoms with E-state index in [1.165, 1.54) is 12.5 Å². The molecule has 0 saturated heterocycles. The molecule has 0 radical (unpaired) electrons. The van der Waals surface area contributed by atoms with E-state index in [1.807, 2.05) is 0 Å². The van der Waals surface area contributed by atoms with Crippen LogP contribution in [0.1, 0.15) is 33.1 Å². The number of halogens is 3. The van der Waals surface area contributed by atoms with E-state index in [0.717, 1.165) is 19.5 Å². The van der Waals surface area contributed by atoms with Crippen molar-refractivity contribution in [1.29, 1.82) is 0 Å². The molecule has 116 valence electrons. The highest BCUT2D eigenvalue weighted by atomic mass is 19.4. The Kier molecular flexibility index (Phi) is 5.13. The van der Waals surface area contributed by atoms with Gasteiger partial charge in [0, 0.05) is 24.7 Å². The maximum absolute atomic E-state index is 12.6. The molecule has 2 nitrogen and oxygen atoms in total. The molecule has 2 aliphatic rings. The molecule has 0 aromatic heterocycles. The molecular formula is C15H25F3N2. The SMILES string of the molecule is CC(C)CNCC1CCC1N1CC=C(C(F)(F)F)CC1. The van der Waals surface area contributed by atoms with Gasteiger partial charge in [0.2, 0.25) is 0 Å². The summed E-state index contributed by atoms with van der Waals surface area (Å²) >= 11 is 0. The lowest BCUT2D eigenvalue weighted by molar-refractivity contribution is -0.0972. The predicted molar refractivity (Wildman–Crippen MR) is 74.5 cm³/mol. The van der Waals surface area contributed by atoms with Crippen molar-refractivity contribution in [3.63, 3.8) is 0 Å². The van der Waals surface area contributed by atoms with Crippen LogP contribution in [0.4, 0.5) is 13.2 Å². The Labute approximate surface area is 119 Å². The first-order valence-electron chi connectivity index (χ1n) is 7.59. The minimum atomic E-state index is -4.13. The summed E-state index contributed by atoms with van der Waals surface area (Å²) in [6.07, 6.45) is -0.290. The van der Waals surface area contributed by atoms with E-state index in [-0.39, 0.29) is 12.0 Å². The van der Waals surface area contributed by atoms with Crippen LogP contribution in [-0.4, -0.2) is 43.3 Å². The van der Waals surface area contributed by atoms with Gasteiger partial charge in [-0.3, -0.25) is 4.90 Å². The zero-order valence-electron chi connectivity index (χ0n) is 12.3. The highest BCUT2D eigenvalue weighted by molar-refractivity contribution is 5.14. The largest absolute Gasteiger partial charge is 0.412 e. The van der Waals surface area contributed by atoms with Crippen molar-refractivity contribution in [2.24, 2.45) is 11.8 Å². The van der Waals surface area contributed by atoms with Crippen LogP contribution in [0.25, 0.3) is 0 Å². The molecular weight excluding hydrogens is 265 g/mol. The predicted octanol–water partition coefficient (Wildman–Crippen LogP) is 3.21. The zero-order chi connectivity index (χ0) is 14.8. The number of rotatable bonds is 5. The molecule has 1 aliphatic heterocycles. The standard InChI is InChI=1S/C15H25F3N2/c1-11(2)9-19-10-12-3-4-14(12)20-7-5-13(6-8-20)15(16,17)18/h5,11-12,14,19H,3-4,6-10H2,1-2H3. The maximum Gasteiger partial charge on any atom is 0.412 e. The fourth-order valence-corrected chi connectivity index (χ4v) is 3.07. The molecule has 0 aromatic carbocycles. The smallest absolute Gasteiger partial charge is 0.316 e. The lowest BCUT2D eigenvalue weighted by Crippen LogP contribution is -2.52. The van der Waals surface area contributed by atoms with Crippen LogP contribution < -0.4 is 5.32 Å². The molecule has 0 spiro atoms. The monoisotopic (exact) mass is 290 g/mol. The van der Waals surface area contributed by atoms with Crippen LogP contribution in [0, 0.1) is 11.8 Å². The fraction of sp³-hybridized carbons (Fsp3) is 0.867. The van der Waals surface area contributed by atoms with Crippen molar-refractivity contribution >= 4 is 0 Å². The van der Waals surface area contributed by atoms with Crippen LogP contribution in [0.3, 0.4) is 0 Å².